The van der Waals surface area contributed by atoms with Gasteiger partial charge in [-0.3, -0.25) is 9.36 Å². The number of methoxy groups -OCH3 is 2. The van der Waals surface area contributed by atoms with Crippen molar-refractivity contribution in [2.24, 2.45) is 7.05 Å². The van der Waals surface area contributed by atoms with Crippen LogP contribution >= 0.6 is 0 Å². The number of benzene rings is 2. The fraction of sp³-hybridized carbons (Fsp3) is 0.176. The van der Waals surface area contributed by atoms with Crippen LogP contribution in [0, 0.1) is 0 Å². The number of hydrogen-bond donors (Lipinski definition) is 0. The molecule has 0 spiro atoms. The Kier molecular flexibility index (Phi) is 3.55. The molecule has 2 aromatic carbocycles. The highest BCUT2D eigenvalue weighted by molar-refractivity contribution is 5.79. The number of nitrogens with zero attached hydrogens (tertiary/aromatic N) is 2. The Hall–Kier alpha value is -2.82. The Labute approximate surface area is 127 Å². The van der Waals surface area contributed by atoms with Gasteiger partial charge in [-0.2, -0.15) is 0 Å². The Morgan fingerprint density at radius 1 is 1.00 bits per heavy atom. The van der Waals surface area contributed by atoms with Crippen LogP contribution in [0.4, 0.5) is 0 Å². The van der Waals surface area contributed by atoms with Crippen molar-refractivity contribution in [1.82, 2.24) is 9.55 Å². The molecule has 0 fully saturated rings. The van der Waals surface area contributed by atoms with Crippen LogP contribution in [-0.2, 0) is 7.05 Å². The molecule has 3 rings (SSSR count). The van der Waals surface area contributed by atoms with Gasteiger partial charge >= 0.3 is 0 Å². The predicted octanol–water partition coefficient (Wildman–Crippen LogP) is 2.62. The molecule has 0 bridgehead atoms. The molecule has 112 valence electrons. The minimum atomic E-state index is -0.0737. The Balaban J connectivity index is 2.26. The molecule has 0 amide bonds. The standard InChI is InChI=1S/C17H16N2O3/c1-19-16(11-8-9-14(21-2)15(10-11)22-3)18-13-7-5-4-6-12(13)17(19)20/h4-10H,1-3H3. The highest BCUT2D eigenvalue weighted by Gasteiger charge is 2.12. The molecular weight excluding hydrogens is 280 g/mol. The molecule has 0 atom stereocenters. The first-order valence-corrected chi connectivity index (χ1v) is 6.84. The first-order valence-electron chi connectivity index (χ1n) is 6.84. The maximum atomic E-state index is 12.5. The largest absolute Gasteiger partial charge is 0.493 e. The van der Waals surface area contributed by atoms with Gasteiger partial charge in [0.1, 0.15) is 5.82 Å². The molecule has 5 nitrogen and oxygen atoms in total. The molecule has 0 radical (unpaired) electrons. The lowest BCUT2D eigenvalue weighted by atomic mass is 10.1. The highest BCUT2D eigenvalue weighted by atomic mass is 16.5. The lowest BCUT2D eigenvalue weighted by molar-refractivity contribution is 0.355. The molecule has 0 N–H and O–H groups in total. The summed E-state index contributed by atoms with van der Waals surface area (Å²) in [7, 11) is 4.88. The molecule has 22 heavy (non-hydrogen) atoms. The molecule has 1 aromatic heterocycles. The van der Waals surface area contributed by atoms with Gasteiger partial charge in [0, 0.05) is 12.6 Å². The van der Waals surface area contributed by atoms with Gasteiger partial charge in [-0.25, -0.2) is 4.98 Å². The van der Waals surface area contributed by atoms with Crippen LogP contribution in [0.3, 0.4) is 0 Å². The highest BCUT2D eigenvalue weighted by Crippen LogP contribution is 2.31. The number of ether oxygens (including phenoxy) is 2. The van der Waals surface area contributed by atoms with E-state index < -0.39 is 0 Å². The minimum Gasteiger partial charge on any atom is -0.493 e. The second kappa shape index (κ2) is 5.52. The minimum absolute atomic E-state index is 0.0737. The van der Waals surface area contributed by atoms with Crippen molar-refractivity contribution in [2.45, 2.75) is 0 Å². The summed E-state index contributed by atoms with van der Waals surface area (Å²) in [4.78, 5) is 17.1. The predicted molar refractivity (Wildman–Crippen MR) is 85.5 cm³/mol. The van der Waals surface area contributed by atoms with E-state index in [1.807, 2.05) is 30.3 Å². The molecule has 0 aliphatic rings. The zero-order valence-corrected chi connectivity index (χ0v) is 12.7. The average Bonchev–Trinajstić information content (AvgIpc) is 2.57. The number of para-hydroxylation sites is 1. The summed E-state index contributed by atoms with van der Waals surface area (Å²) in [6.45, 7) is 0. The fourth-order valence-corrected chi connectivity index (χ4v) is 2.45. The van der Waals surface area contributed by atoms with Gasteiger partial charge in [0.05, 0.1) is 25.1 Å². The summed E-state index contributed by atoms with van der Waals surface area (Å²) < 4.78 is 12.1. The van der Waals surface area contributed by atoms with E-state index in [4.69, 9.17) is 9.47 Å². The zero-order chi connectivity index (χ0) is 15.7. The third-order valence-corrected chi connectivity index (χ3v) is 3.62. The van der Waals surface area contributed by atoms with Crippen LogP contribution in [0.25, 0.3) is 22.3 Å². The van der Waals surface area contributed by atoms with Gasteiger partial charge < -0.3 is 9.47 Å². The molecule has 3 aromatic rings. The first-order chi connectivity index (χ1) is 10.7. The van der Waals surface area contributed by atoms with Crippen LogP contribution < -0.4 is 15.0 Å². The third-order valence-electron chi connectivity index (χ3n) is 3.62. The van der Waals surface area contributed by atoms with Crippen molar-refractivity contribution in [3.05, 3.63) is 52.8 Å². The van der Waals surface area contributed by atoms with E-state index in [1.54, 1.807) is 38.0 Å². The van der Waals surface area contributed by atoms with Crippen molar-refractivity contribution in [1.29, 1.82) is 0 Å². The molecule has 5 heteroatoms. The van der Waals surface area contributed by atoms with Gasteiger partial charge in [0.25, 0.3) is 5.56 Å². The molecular formula is C17H16N2O3. The van der Waals surface area contributed by atoms with Gasteiger partial charge in [-0.1, -0.05) is 12.1 Å². The van der Waals surface area contributed by atoms with Gasteiger partial charge in [0.2, 0.25) is 0 Å². The molecule has 0 aliphatic carbocycles. The van der Waals surface area contributed by atoms with Crippen LogP contribution in [0.2, 0.25) is 0 Å². The number of rotatable bonds is 3. The Morgan fingerprint density at radius 2 is 1.73 bits per heavy atom. The summed E-state index contributed by atoms with van der Waals surface area (Å²) in [6.07, 6.45) is 0. The van der Waals surface area contributed by atoms with Crippen LogP contribution in [0.5, 0.6) is 11.5 Å². The summed E-state index contributed by atoms with van der Waals surface area (Å²) in [6, 6.07) is 12.8. The Morgan fingerprint density at radius 3 is 2.45 bits per heavy atom. The molecule has 0 unspecified atom stereocenters. The molecule has 1 heterocycles. The van der Waals surface area contributed by atoms with Crippen molar-refractivity contribution in [2.75, 3.05) is 14.2 Å². The van der Waals surface area contributed by atoms with Crippen molar-refractivity contribution >= 4 is 10.9 Å². The van der Waals surface area contributed by atoms with E-state index in [2.05, 4.69) is 4.98 Å². The van der Waals surface area contributed by atoms with Gasteiger partial charge in [-0.15, -0.1) is 0 Å². The second-order valence-corrected chi connectivity index (χ2v) is 4.89. The average molecular weight is 296 g/mol. The SMILES string of the molecule is COc1ccc(-c2nc3ccccc3c(=O)n2C)cc1OC. The van der Waals surface area contributed by atoms with Crippen LogP contribution in [-0.4, -0.2) is 23.8 Å². The topological polar surface area (TPSA) is 53.3 Å². The Bertz CT molecular complexity index is 900. The lowest BCUT2D eigenvalue weighted by Gasteiger charge is -2.12. The second-order valence-electron chi connectivity index (χ2n) is 4.89. The smallest absolute Gasteiger partial charge is 0.261 e. The van der Waals surface area contributed by atoms with E-state index in [0.29, 0.717) is 28.2 Å². The van der Waals surface area contributed by atoms with Crippen molar-refractivity contribution in [3.8, 4) is 22.9 Å². The maximum absolute atomic E-state index is 12.5. The molecule has 0 aliphatic heterocycles. The molecule has 0 saturated carbocycles. The van der Waals surface area contributed by atoms with E-state index in [-0.39, 0.29) is 5.56 Å². The number of aromatic nitrogens is 2. The van der Waals surface area contributed by atoms with Crippen molar-refractivity contribution in [3.63, 3.8) is 0 Å². The van der Waals surface area contributed by atoms with Gasteiger partial charge in [0.15, 0.2) is 11.5 Å². The maximum Gasteiger partial charge on any atom is 0.261 e. The van der Waals surface area contributed by atoms with E-state index in [1.165, 1.54) is 0 Å². The lowest BCUT2D eigenvalue weighted by Crippen LogP contribution is -2.20. The molecule has 0 saturated heterocycles. The summed E-state index contributed by atoms with van der Waals surface area (Å²) in [5.74, 6) is 1.82. The first kappa shape index (κ1) is 14.1. The summed E-state index contributed by atoms with van der Waals surface area (Å²) in [5, 5.41) is 0.606. The summed E-state index contributed by atoms with van der Waals surface area (Å²) >= 11 is 0. The monoisotopic (exact) mass is 296 g/mol. The van der Waals surface area contributed by atoms with Gasteiger partial charge in [-0.05, 0) is 30.3 Å². The number of fused-ring (bicyclic) bond motifs is 1. The van der Waals surface area contributed by atoms with E-state index >= 15 is 0 Å². The zero-order valence-electron chi connectivity index (χ0n) is 12.7. The normalized spacial score (nSPS) is 10.7. The quantitative estimate of drug-likeness (QED) is 0.745. The number of hydrogen-bond acceptors (Lipinski definition) is 4. The summed E-state index contributed by atoms with van der Waals surface area (Å²) in [5.41, 5.74) is 1.40. The van der Waals surface area contributed by atoms with E-state index in [9.17, 15) is 4.79 Å². The van der Waals surface area contributed by atoms with Crippen molar-refractivity contribution < 1.29 is 9.47 Å². The van der Waals surface area contributed by atoms with E-state index in [0.717, 1.165) is 5.56 Å². The van der Waals surface area contributed by atoms with Crippen LogP contribution in [0.15, 0.2) is 47.3 Å². The fourth-order valence-electron chi connectivity index (χ4n) is 2.45. The third kappa shape index (κ3) is 2.20. The van der Waals surface area contributed by atoms with Crippen LogP contribution in [0.1, 0.15) is 0 Å².